The van der Waals surface area contributed by atoms with Crippen molar-refractivity contribution in [2.45, 2.75) is 67.7 Å². The van der Waals surface area contributed by atoms with Gasteiger partial charge in [-0.25, -0.2) is 0 Å². The molecule has 1 atom stereocenters. The molecule has 0 saturated heterocycles. The largest absolute Gasteiger partial charge is 0.176 e. The zero-order valence-electron chi connectivity index (χ0n) is 32.1. The van der Waals surface area contributed by atoms with Crippen LogP contribution >= 0.6 is 0 Å². The normalized spacial score (nSPS) is 14.7. The molecule has 1 unspecified atom stereocenters. The van der Waals surface area contributed by atoms with E-state index >= 15 is 0 Å². The second-order valence-corrected chi connectivity index (χ2v) is 19.2. The van der Waals surface area contributed by atoms with E-state index < -0.39 is 8.07 Å². The Hall–Kier alpha value is -4.98. The van der Waals surface area contributed by atoms with E-state index in [2.05, 4.69) is 194 Å². The van der Waals surface area contributed by atoms with Crippen molar-refractivity contribution in [3.8, 4) is 0 Å². The first kappa shape index (κ1) is 35.4. The fourth-order valence-electron chi connectivity index (χ4n) is 8.97. The van der Waals surface area contributed by atoms with Gasteiger partial charge < -0.3 is 0 Å². The third-order valence-electron chi connectivity index (χ3n) is 11.5. The molecule has 7 rings (SSSR count). The molecule has 52 heavy (non-hydrogen) atoms. The van der Waals surface area contributed by atoms with Crippen LogP contribution in [-0.2, 0) is 19.3 Å². The van der Waals surface area contributed by atoms with Gasteiger partial charge in [-0.2, -0.15) is 0 Å². The number of aryl methyl sites for hydroxylation is 3. The summed E-state index contributed by atoms with van der Waals surface area (Å²) in [6, 6.07) is 55.6. The van der Waals surface area contributed by atoms with Crippen LogP contribution in [0.15, 0.2) is 168 Å². The summed E-state index contributed by atoms with van der Waals surface area (Å²) in [4.78, 5) is 0. The number of hydrogen-bond acceptors (Lipinski definition) is 0. The highest BCUT2D eigenvalue weighted by Crippen LogP contribution is 2.42. The van der Waals surface area contributed by atoms with E-state index in [0.29, 0.717) is 5.92 Å². The molecule has 0 amide bonds. The molecule has 6 aromatic rings. The molecule has 0 aromatic heterocycles. The van der Waals surface area contributed by atoms with E-state index in [-0.39, 0.29) is 0 Å². The van der Waals surface area contributed by atoms with Gasteiger partial charge in [0.25, 0.3) is 0 Å². The number of hydrogen-bond donors (Lipinski definition) is 0. The Morgan fingerprint density at radius 2 is 0.712 bits per heavy atom. The highest BCUT2D eigenvalue weighted by Gasteiger charge is 2.48. The average molecular weight is 693 g/mol. The molecule has 0 nitrogen and oxygen atoms in total. The van der Waals surface area contributed by atoms with Gasteiger partial charge in [-0.1, -0.05) is 186 Å². The molecule has 0 bridgehead atoms. The first-order valence-corrected chi connectivity index (χ1v) is 21.0. The van der Waals surface area contributed by atoms with Gasteiger partial charge in [0.15, 0.2) is 8.07 Å². The Bertz CT molecular complexity index is 2050. The molecule has 0 heterocycles. The highest BCUT2D eigenvalue weighted by atomic mass is 28.3. The lowest BCUT2D eigenvalue weighted by molar-refractivity contribution is 0.851. The average Bonchev–Trinajstić information content (AvgIpc) is 3.31. The zero-order chi connectivity index (χ0) is 36.4. The number of allylic oxidation sites excluding steroid dienone is 4. The number of benzene rings is 6. The standard InChI is InChI=1S/C51H52Si/c1-35-23-45(29-42-17-11-8-12-18-42)32-48(26-35)52(51-40(6)38(4)39(5)41(51)7,49-27-36(2)24-46(33-49)30-43-19-13-9-14-20-43)50-28-37(3)25-47(34-50)31-44-21-15-10-16-22-44/h8-28,32-34,40H,29-31H2,1-7H3. The SMILES string of the molecule is CC1=C(C)C(C)C([Si](c2cc(C)cc(Cc3ccccc3)c2)(c2cc(C)cc(Cc3ccccc3)c2)c2cc(C)cc(Cc3ccccc3)c2)=C1C. The first-order chi connectivity index (χ1) is 25.1. The van der Waals surface area contributed by atoms with Crippen LogP contribution < -0.4 is 15.6 Å². The van der Waals surface area contributed by atoms with Crippen molar-refractivity contribution < 1.29 is 0 Å². The predicted octanol–water partition coefficient (Wildman–Crippen LogP) is 10.7. The molecule has 6 aromatic carbocycles. The summed E-state index contributed by atoms with van der Waals surface area (Å²) in [5.74, 6) is 0.348. The van der Waals surface area contributed by atoms with Gasteiger partial charge in [-0.15, -0.1) is 0 Å². The van der Waals surface area contributed by atoms with E-state index in [1.807, 2.05) is 0 Å². The van der Waals surface area contributed by atoms with Gasteiger partial charge in [0.1, 0.15) is 0 Å². The summed E-state index contributed by atoms with van der Waals surface area (Å²) in [5, 5.41) is 6.13. The predicted molar refractivity (Wildman–Crippen MR) is 226 cm³/mol. The number of rotatable bonds is 10. The summed E-state index contributed by atoms with van der Waals surface area (Å²) in [7, 11) is -2.90. The second-order valence-electron chi connectivity index (χ2n) is 15.4. The molecule has 1 aliphatic carbocycles. The zero-order valence-corrected chi connectivity index (χ0v) is 33.1. The van der Waals surface area contributed by atoms with Crippen molar-refractivity contribution in [3.05, 3.63) is 218 Å². The van der Waals surface area contributed by atoms with Crippen LogP contribution in [0.4, 0.5) is 0 Å². The molecule has 0 saturated carbocycles. The molecule has 0 spiro atoms. The quantitative estimate of drug-likeness (QED) is 0.0990. The van der Waals surface area contributed by atoms with E-state index in [0.717, 1.165) is 19.3 Å². The highest BCUT2D eigenvalue weighted by molar-refractivity contribution is 7.16. The first-order valence-electron chi connectivity index (χ1n) is 19.0. The maximum Gasteiger partial charge on any atom is 0.176 e. The summed E-state index contributed by atoms with van der Waals surface area (Å²) in [6.07, 6.45) is 2.76. The Labute approximate surface area is 313 Å². The van der Waals surface area contributed by atoms with Crippen LogP contribution in [0.5, 0.6) is 0 Å². The van der Waals surface area contributed by atoms with Gasteiger partial charge in [0, 0.05) is 0 Å². The van der Waals surface area contributed by atoms with Crippen molar-refractivity contribution in [2.24, 2.45) is 5.92 Å². The maximum atomic E-state index is 2.60. The maximum absolute atomic E-state index is 2.90. The van der Waals surface area contributed by atoms with Gasteiger partial charge in [-0.3, -0.25) is 0 Å². The summed E-state index contributed by atoms with van der Waals surface area (Å²) in [5.41, 5.74) is 16.7. The van der Waals surface area contributed by atoms with Gasteiger partial charge in [-0.05, 0) is 121 Å². The van der Waals surface area contributed by atoms with Crippen molar-refractivity contribution in [3.63, 3.8) is 0 Å². The van der Waals surface area contributed by atoms with Gasteiger partial charge in [0.2, 0.25) is 0 Å². The van der Waals surface area contributed by atoms with Crippen LogP contribution in [-0.4, -0.2) is 8.07 Å². The Morgan fingerprint density at radius 3 is 1.00 bits per heavy atom. The summed E-state index contributed by atoms with van der Waals surface area (Å²) < 4.78 is 0. The van der Waals surface area contributed by atoms with E-state index in [9.17, 15) is 0 Å². The van der Waals surface area contributed by atoms with Crippen LogP contribution in [0, 0.1) is 26.7 Å². The summed E-state index contributed by atoms with van der Waals surface area (Å²) in [6.45, 7) is 16.5. The lowest BCUT2D eigenvalue weighted by Crippen LogP contribution is -2.70. The Morgan fingerprint density at radius 1 is 0.385 bits per heavy atom. The molecule has 0 aliphatic heterocycles. The third kappa shape index (κ3) is 7.08. The van der Waals surface area contributed by atoms with Gasteiger partial charge in [0.05, 0.1) is 0 Å². The van der Waals surface area contributed by atoms with Gasteiger partial charge >= 0.3 is 0 Å². The minimum absolute atomic E-state index is 0.348. The lowest BCUT2D eigenvalue weighted by atomic mass is 10.0. The lowest BCUT2D eigenvalue weighted by Gasteiger charge is -2.40. The van der Waals surface area contributed by atoms with E-state index in [1.54, 1.807) is 5.20 Å². The molecule has 0 radical (unpaired) electrons. The fourth-order valence-corrected chi connectivity index (χ4v) is 15.1. The molecular weight excluding hydrogens is 641 g/mol. The van der Waals surface area contributed by atoms with Crippen LogP contribution in [0.1, 0.15) is 77.8 Å². The molecule has 0 fully saturated rings. The van der Waals surface area contributed by atoms with Crippen molar-refractivity contribution in [1.82, 2.24) is 0 Å². The Kier molecular flexibility index (Phi) is 10.2. The monoisotopic (exact) mass is 692 g/mol. The topological polar surface area (TPSA) is 0 Å². The third-order valence-corrected chi connectivity index (χ3v) is 16.6. The molecule has 0 N–H and O–H groups in total. The van der Waals surface area contributed by atoms with Crippen LogP contribution in [0.25, 0.3) is 0 Å². The molecule has 260 valence electrons. The Balaban J connectivity index is 1.56. The van der Waals surface area contributed by atoms with E-state index in [1.165, 1.54) is 82.4 Å². The van der Waals surface area contributed by atoms with Crippen molar-refractivity contribution in [2.75, 3.05) is 0 Å². The fraction of sp³-hybridized carbons (Fsp3) is 0.216. The molecule has 1 heteroatoms. The minimum atomic E-state index is -2.90. The van der Waals surface area contributed by atoms with Crippen molar-refractivity contribution in [1.29, 1.82) is 0 Å². The second kappa shape index (κ2) is 14.9. The van der Waals surface area contributed by atoms with Crippen molar-refractivity contribution >= 4 is 23.6 Å². The minimum Gasteiger partial charge on any atom is -0.0636 e. The summed E-state index contributed by atoms with van der Waals surface area (Å²) >= 11 is 0. The smallest absolute Gasteiger partial charge is 0.0636 e. The van der Waals surface area contributed by atoms with Crippen LogP contribution in [0.3, 0.4) is 0 Å². The van der Waals surface area contributed by atoms with Crippen LogP contribution in [0.2, 0.25) is 0 Å². The molecule has 1 aliphatic rings. The van der Waals surface area contributed by atoms with E-state index in [4.69, 9.17) is 0 Å². The molecular formula is C51H52Si.